The van der Waals surface area contributed by atoms with Crippen LogP contribution in [-0.4, -0.2) is 47.5 Å². The molecule has 1 aromatic carbocycles. The number of aryl methyl sites for hydroxylation is 1. The summed E-state index contributed by atoms with van der Waals surface area (Å²) in [5.74, 6) is -1.14. The van der Waals surface area contributed by atoms with Crippen LogP contribution >= 0.6 is 0 Å². The Balaban J connectivity index is 1.80. The highest BCUT2D eigenvalue weighted by molar-refractivity contribution is 7.89. The molecule has 2 heterocycles. The maximum absolute atomic E-state index is 13.0. The Bertz CT molecular complexity index is 1210. The lowest BCUT2D eigenvalue weighted by atomic mass is 9.98. The van der Waals surface area contributed by atoms with Crippen molar-refractivity contribution in [1.29, 1.82) is 0 Å². The second kappa shape index (κ2) is 8.36. The SMILES string of the molecule is CC(=O)c1cccc(NC(=O)[C@@H]2CCCN(S(=O)(=O)c3c(C)[nH]c(=O)[nH]c3=O)C2)c1. The maximum Gasteiger partial charge on any atom is 0.325 e. The number of nitrogens with one attached hydrogen (secondary N) is 3. The van der Waals surface area contributed by atoms with Gasteiger partial charge in [0.1, 0.15) is 0 Å². The second-order valence-electron chi connectivity index (χ2n) is 7.19. The fourth-order valence-corrected chi connectivity index (χ4v) is 5.19. The van der Waals surface area contributed by atoms with Gasteiger partial charge in [-0.2, -0.15) is 4.31 Å². The van der Waals surface area contributed by atoms with E-state index in [0.29, 0.717) is 24.1 Å². The summed E-state index contributed by atoms with van der Waals surface area (Å²) in [4.78, 5) is 51.4. The first-order valence-corrected chi connectivity index (χ1v) is 10.8. The zero-order chi connectivity index (χ0) is 22.1. The van der Waals surface area contributed by atoms with Crippen LogP contribution in [0.4, 0.5) is 5.69 Å². The molecule has 3 rings (SSSR count). The molecule has 0 radical (unpaired) electrons. The molecular formula is C19H22N4O6S. The van der Waals surface area contributed by atoms with E-state index in [4.69, 9.17) is 0 Å². The Morgan fingerprint density at radius 3 is 2.60 bits per heavy atom. The van der Waals surface area contributed by atoms with Crippen LogP contribution in [0.2, 0.25) is 0 Å². The second-order valence-corrected chi connectivity index (χ2v) is 9.07. The molecule has 0 spiro atoms. The van der Waals surface area contributed by atoms with Crippen LogP contribution in [0.1, 0.15) is 35.8 Å². The quantitative estimate of drug-likeness (QED) is 0.587. The number of rotatable bonds is 5. The van der Waals surface area contributed by atoms with Crippen LogP contribution in [-0.2, 0) is 14.8 Å². The van der Waals surface area contributed by atoms with Gasteiger partial charge in [0, 0.05) is 30.0 Å². The molecule has 160 valence electrons. The minimum Gasteiger partial charge on any atom is -0.326 e. The lowest BCUT2D eigenvalue weighted by Gasteiger charge is -2.31. The zero-order valence-electron chi connectivity index (χ0n) is 16.5. The summed E-state index contributed by atoms with van der Waals surface area (Å²) >= 11 is 0. The number of amides is 1. The number of hydrogen-bond donors (Lipinski definition) is 3. The number of nitrogens with zero attached hydrogens (tertiary/aromatic N) is 1. The predicted octanol–water partition coefficient (Wildman–Crippen LogP) is 0.614. The van der Waals surface area contributed by atoms with Gasteiger partial charge in [-0.25, -0.2) is 13.2 Å². The van der Waals surface area contributed by atoms with Crippen LogP contribution in [0.25, 0.3) is 0 Å². The van der Waals surface area contributed by atoms with Gasteiger partial charge in [-0.3, -0.25) is 19.4 Å². The van der Waals surface area contributed by atoms with Crippen LogP contribution in [0.3, 0.4) is 0 Å². The van der Waals surface area contributed by atoms with Crippen molar-refractivity contribution in [2.75, 3.05) is 18.4 Å². The number of piperidine rings is 1. The molecule has 2 aromatic rings. The molecule has 0 saturated carbocycles. The van der Waals surface area contributed by atoms with Crippen molar-refractivity contribution in [3.05, 3.63) is 56.4 Å². The lowest BCUT2D eigenvalue weighted by Crippen LogP contribution is -2.45. The largest absolute Gasteiger partial charge is 0.326 e. The Labute approximate surface area is 172 Å². The van der Waals surface area contributed by atoms with Gasteiger partial charge in [-0.05, 0) is 38.8 Å². The van der Waals surface area contributed by atoms with E-state index in [1.54, 1.807) is 24.3 Å². The first-order valence-electron chi connectivity index (χ1n) is 9.35. The number of benzene rings is 1. The van der Waals surface area contributed by atoms with Crippen molar-refractivity contribution in [2.24, 2.45) is 5.92 Å². The van der Waals surface area contributed by atoms with Crippen molar-refractivity contribution < 1.29 is 18.0 Å². The summed E-state index contributed by atoms with van der Waals surface area (Å²) in [5, 5.41) is 2.72. The highest BCUT2D eigenvalue weighted by atomic mass is 32.2. The zero-order valence-corrected chi connectivity index (χ0v) is 17.3. The van der Waals surface area contributed by atoms with E-state index in [-0.39, 0.29) is 30.5 Å². The Morgan fingerprint density at radius 1 is 1.20 bits per heavy atom. The van der Waals surface area contributed by atoms with Crippen LogP contribution in [0.5, 0.6) is 0 Å². The third-order valence-corrected chi connectivity index (χ3v) is 6.98. The van der Waals surface area contributed by atoms with Gasteiger partial charge in [-0.15, -0.1) is 0 Å². The number of aromatic nitrogens is 2. The lowest BCUT2D eigenvalue weighted by molar-refractivity contribution is -0.120. The maximum atomic E-state index is 13.0. The molecule has 1 saturated heterocycles. The van der Waals surface area contributed by atoms with Crippen molar-refractivity contribution in [3.8, 4) is 0 Å². The number of carbonyl (C=O) groups is 2. The molecule has 11 heteroatoms. The molecule has 10 nitrogen and oxygen atoms in total. The average Bonchev–Trinajstić information content (AvgIpc) is 2.67. The fraction of sp³-hybridized carbons (Fsp3) is 0.368. The Hall–Kier alpha value is -3.05. The van der Waals surface area contributed by atoms with Crippen molar-refractivity contribution in [1.82, 2.24) is 14.3 Å². The number of H-pyrrole nitrogens is 2. The minimum atomic E-state index is -4.20. The summed E-state index contributed by atoms with van der Waals surface area (Å²) in [6.45, 7) is 2.81. The number of sulfonamides is 1. The van der Waals surface area contributed by atoms with E-state index < -0.39 is 32.1 Å². The molecule has 0 bridgehead atoms. The van der Waals surface area contributed by atoms with Gasteiger partial charge in [0.25, 0.3) is 5.56 Å². The smallest absolute Gasteiger partial charge is 0.325 e. The third kappa shape index (κ3) is 4.41. The molecule has 30 heavy (non-hydrogen) atoms. The minimum absolute atomic E-state index is 0.0589. The van der Waals surface area contributed by atoms with Crippen molar-refractivity contribution in [3.63, 3.8) is 0 Å². The Morgan fingerprint density at radius 2 is 1.93 bits per heavy atom. The highest BCUT2D eigenvalue weighted by Crippen LogP contribution is 2.24. The third-order valence-electron chi connectivity index (χ3n) is 4.96. The van der Waals surface area contributed by atoms with E-state index in [2.05, 4.69) is 10.3 Å². The predicted molar refractivity (Wildman–Crippen MR) is 109 cm³/mol. The molecule has 1 amide bonds. The molecule has 0 aliphatic carbocycles. The van der Waals surface area contributed by atoms with Crippen molar-refractivity contribution >= 4 is 27.4 Å². The summed E-state index contributed by atoms with van der Waals surface area (Å²) in [7, 11) is -4.20. The van der Waals surface area contributed by atoms with Gasteiger partial charge in [0.2, 0.25) is 15.9 Å². The fourth-order valence-electron chi connectivity index (χ4n) is 3.46. The number of carbonyl (C=O) groups excluding carboxylic acids is 2. The van der Waals surface area contributed by atoms with E-state index >= 15 is 0 Å². The molecule has 1 aliphatic heterocycles. The van der Waals surface area contributed by atoms with Crippen LogP contribution in [0.15, 0.2) is 38.8 Å². The normalized spacial score (nSPS) is 17.5. The number of hydrogen-bond acceptors (Lipinski definition) is 6. The summed E-state index contributed by atoms with van der Waals surface area (Å²) in [6, 6.07) is 6.48. The first kappa shape index (κ1) is 21.7. The average molecular weight is 434 g/mol. The molecule has 1 atom stereocenters. The van der Waals surface area contributed by atoms with Gasteiger partial charge in [-0.1, -0.05) is 12.1 Å². The number of ketones is 1. The van der Waals surface area contributed by atoms with Crippen LogP contribution < -0.4 is 16.6 Å². The van der Waals surface area contributed by atoms with Gasteiger partial charge in [0.05, 0.1) is 5.92 Å². The summed E-state index contributed by atoms with van der Waals surface area (Å²) < 4.78 is 27.1. The summed E-state index contributed by atoms with van der Waals surface area (Å²) in [6.07, 6.45) is 0.913. The molecule has 3 N–H and O–H groups in total. The molecule has 1 aliphatic rings. The van der Waals surface area contributed by atoms with Gasteiger partial charge >= 0.3 is 5.69 Å². The summed E-state index contributed by atoms with van der Waals surface area (Å²) in [5.41, 5.74) is -0.950. The highest BCUT2D eigenvalue weighted by Gasteiger charge is 2.36. The van der Waals surface area contributed by atoms with E-state index in [1.165, 1.54) is 13.8 Å². The van der Waals surface area contributed by atoms with Crippen molar-refractivity contribution in [2.45, 2.75) is 31.6 Å². The first-order chi connectivity index (χ1) is 14.1. The number of Topliss-reactive ketones (excluding diaryl/α,β-unsaturated/α-hetero) is 1. The topological polar surface area (TPSA) is 149 Å². The van der Waals surface area contributed by atoms with Crippen LogP contribution in [0, 0.1) is 12.8 Å². The molecule has 1 fully saturated rings. The van der Waals surface area contributed by atoms with Gasteiger partial charge < -0.3 is 10.3 Å². The molecule has 0 unspecified atom stereocenters. The standard InChI is InChI=1S/C19H22N4O6S/c1-11-16(18(26)22-19(27)20-11)30(28,29)23-8-4-6-14(10-23)17(25)21-15-7-3-5-13(9-15)12(2)24/h3,5,7,9,14H,4,6,8,10H2,1-2H3,(H,21,25)(H2,20,22,26,27)/t14-/m1/s1. The van der Waals surface area contributed by atoms with E-state index in [9.17, 15) is 27.6 Å². The number of aromatic amines is 2. The van der Waals surface area contributed by atoms with Gasteiger partial charge in [0.15, 0.2) is 10.7 Å². The Kier molecular flexibility index (Phi) is 6.04. The molecular weight excluding hydrogens is 412 g/mol. The molecule has 1 aromatic heterocycles. The van der Waals surface area contributed by atoms with E-state index in [0.717, 1.165) is 4.31 Å². The monoisotopic (exact) mass is 434 g/mol. The number of anilines is 1. The van der Waals surface area contributed by atoms with E-state index in [1.807, 2.05) is 4.98 Å².